The van der Waals surface area contributed by atoms with Crippen LogP contribution in [0.25, 0.3) is 0 Å². The maximum atomic E-state index is 13.9. The van der Waals surface area contributed by atoms with Gasteiger partial charge < -0.3 is 19.6 Å². The Balaban J connectivity index is 1.16. The number of carboxylic acid groups (broad SMARTS) is 1. The molecule has 10 nitrogen and oxygen atoms in total. The molecule has 0 aliphatic heterocycles. The van der Waals surface area contributed by atoms with Crippen molar-refractivity contribution < 1.29 is 33.4 Å². The lowest BCUT2D eigenvalue weighted by Gasteiger charge is -2.72. The highest BCUT2D eigenvalue weighted by Gasteiger charge is 2.70. The fourth-order valence-corrected chi connectivity index (χ4v) is 13.5. The van der Waals surface area contributed by atoms with Gasteiger partial charge in [-0.05, 0) is 122 Å². The highest BCUT2D eigenvalue weighted by Crippen LogP contribution is 2.76. The van der Waals surface area contributed by atoms with Gasteiger partial charge in [-0.25, -0.2) is 0 Å². The normalized spacial score (nSPS) is 41.6. The molecule has 1 heterocycles. The number of hydrogen-bond donors (Lipinski definition) is 2. The fourth-order valence-electron chi connectivity index (χ4n) is 13.5. The topological polar surface area (TPSA) is 149 Å². The molecule has 0 aromatic carbocycles. The van der Waals surface area contributed by atoms with E-state index in [-0.39, 0.29) is 69.6 Å². The van der Waals surface area contributed by atoms with E-state index in [1.165, 1.54) is 0 Å². The molecule has 7 rings (SSSR count). The second-order valence-corrected chi connectivity index (χ2v) is 19.0. The number of Topliss-reactive ketones (excluding diaryl/α,β-unsaturated/α-hetero) is 1. The molecule has 5 fully saturated rings. The van der Waals surface area contributed by atoms with E-state index in [2.05, 4.69) is 64.0 Å². The van der Waals surface area contributed by atoms with E-state index in [4.69, 9.17) is 9.15 Å². The lowest BCUT2D eigenvalue weighted by Crippen LogP contribution is -2.67. The average Bonchev–Trinajstić information content (AvgIpc) is 3.63. The third-order valence-corrected chi connectivity index (χ3v) is 16.1. The summed E-state index contributed by atoms with van der Waals surface area (Å²) in [7, 11) is 0. The van der Waals surface area contributed by atoms with Crippen LogP contribution >= 0.6 is 0 Å². The summed E-state index contributed by atoms with van der Waals surface area (Å²) < 4.78 is 11.9. The van der Waals surface area contributed by atoms with Crippen molar-refractivity contribution in [2.24, 2.45) is 57.2 Å². The summed E-state index contributed by atoms with van der Waals surface area (Å²) in [5.74, 6) is -0.710. The number of esters is 1. The van der Waals surface area contributed by atoms with Gasteiger partial charge in [0.05, 0.1) is 17.4 Å². The van der Waals surface area contributed by atoms with Gasteiger partial charge in [0.1, 0.15) is 6.10 Å². The van der Waals surface area contributed by atoms with E-state index in [0.717, 1.165) is 62.5 Å². The molecule has 5 saturated carbocycles. The third-order valence-electron chi connectivity index (χ3n) is 16.1. The van der Waals surface area contributed by atoms with Crippen LogP contribution in [0.4, 0.5) is 0 Å². The van der Waals surface area contributed by atoms with Gasteiger partial charge in [0.25, 0.3) is 0 Å². The lowest BCUT2D eigenvalue weighted by atomic mass is 9.33. The zero-order chi connectivity index (χ0) is 36.9. The second-order valence-electron chi connectivity index (χ2n) is 19.0. The molecular formula is C41H59N3O7. The maximum Gasteiger partial charge on any atom is 0.309 e. The predicted octanol–water partition coefficient (Wildman–Crippen LogP) is 7.64. The number of nitrogens with one attached hydrogen (secondary N) is 1. The van der Waals surface area contributed by atoms with E-state index in [1.54, 1.807) is 6.92 Å². The molecule has 10 atom stereocenters. The van der Waals surface area contributed by atoms with Crippen molar-refractivity contribution in [2.45, 2.75) is 151 Å². The van der Waals surface area contributed by atoms with Crippen LogP contribution in [0.3, 0.4) is 0 Å². The molecule has 51 heavy (non-hydrogen) atoms. The summed E-state index contributed by atoms with van der Waals surface area (Å²) in [5.41, 5.74) is 1.14. The average molecular weight is 706 g/mol. The molecule has 1 amide bonds. The van der Waals surface area contributed by atoms with Crippen LogP contribution in [0.5, 0.6) is 0 Å². The molecule has 2 N–H and O–H groups in total. The molecule has 6 aliphatic carbocycles. The van der Waals surface area contributed by atoms with Gasteiger partial charge in [0.2, 0.25) is 5.89 Å². The second kappa shape index (κ2) is 12.3. The Morgan fingerprint density at radius 2 is 1.61 bits per heavy atom. The van der Waals surface area contributed by atoms with Crippen molar-refractivity contribution in [2.75, 3.05) is 0 Å². The van der Waals surface area contributed by atoms with Gasteiger partial charge in [-0.1, -0.05) is 54.9 Å². The standard InChI is InChI=1S/C41H59N3O7/c1-22(2)31-27(45)21-41(42-33(46)34-44-43-23(3)50-34)19-18-39(7)26(32(31)41)12-13-29-38(6)16-15-30(37(4,5)28(38)14-17-40(29,39)8)51-36(49)25-11-9-10-24(20-25)35(47)48/h22,24-26,28-30H,9-21H2,1-8H3,(H,42,46)(H,47,48)/t24?,25?,26?,28?,29?,30-,38-,39+,40+,41+/m0/s1. The minimum atomic E-state index is -0.807. The van der Waals surface area contributed by atoms with E-state index in [0.29, 0.717) is 43.4 Å². The third kappa shape index (κ3) is 5.37. The smallest absolute Gasteiger partial charge is 0.309 e. The number of aromatic nitrogens is 2. The van der Waals surface area contributed by atoms with Crippen LogP contribution in [-0.4, -0.2) is 50.6 Å². The van der Waals surface area contributed by atoms with Crippen LogP contribution < -0.4 is 5.32 Å². The number of amides is 1. The summed E-state index contributed by atoms with van der Waals surface area (Å²) in [6, 6.07) is 0. The Labute approximate surface area is 302 Å². The number of aliphatic carboxylic acids is 1. The zero-order valence-electron chi connectivity index (χ0n) is 32.0. The Hall–Kier alpha value is -3.04. The number of ketones is 1. The summed E-state index contributed by atoms with van der Waals surface area (Å²) >= 11 is 0. The number of ether oxygens (including phenoxy) is 1. The summed E-state index contributed by atoms with van der Waals surface area (Å²) in [5, 5.41) is 20.8. The van der Waals surface area contributed by atoms with Crippen molar-refractivity contribution in [1.82, 2.24) is 15.5 Å². The molecule has 0 bridgehead atoms. The minimum absolute atomic E-state index is 0.0230. The molecular weight excluding hydrogens is 646 g/mol. The van der Waals surface area contributed by atoms with Gasteiger partial charge in [-0.3, -0.25) is 19.2 Å². The largest absolute Gasteiger partial charge is 0.481 e. The first-order valence-electron chi connectivity index (χ1n) is 19.7. The number of aryl methyl sites for hydroxylation is 1. The Kier molecular flexibility index (Phi) is 8.73. The van der Waals surface area contributed by atoms with Gasteiger partial charge in [-0.2, -0.15) is 0 Å². The monoisotopic (exact) mass is 705 g/mol. The Bertz CT molecular complexity index is 1660. The highest BCUT2D eigenvalue weighted by atomic mass is 16.5. The molecule has 1 aromatic rings. The van der Waals surface area contributed by atoms with E-state index in [1.807, 2.05) is 0 Å². The number of carbonyl (C=O) groups is 4. The van der Waals surface area contributed by atoms with E-state index in [9.17, 15) is 24.3 Å². The maximum absolute atomic E-state index is 13.9. The molecule has 0 radical (unpaired) electrons. The number of rotatable bonds is 6. The van der Waals surface area contributed by atoms with Gasteiger partial charge in [0, 0.05) is 18.8 Å². The molecule has 0 spiro atoms. The van der Waals surface area contributed by atoms with Crippen molar-refractivity contribution in [3.05, 3.63) is 22.9 Å². The van der Waals surface area contributed by atoms with Gasteiger partial charge in [0.15, 0.2) is 5.78 Å². The molecule has 5 unspecified atom stereocenters. The van der Waals surface area contributed by atoms with Crippen LogP contribution in [0, 0.1) is 64.1 Å². The molecule has 0 saturated heterocycles. The van der Waals surface area contributed by atoms with Gasteiger partial charge in [-0.15, -0.1) is 10.2 Å². The molecule has 10 heteroatoms. The lowest BCUT2D eigenvalue weighted by molar-refractivity contribution is -0.233. The Morgan fingerprint density at radius 1 is 0.882 bits per heavy atom. The number of hydrogen-bond acceptors (Lipinski definition) is 8. The highest BCUT2D eigenvalue weighted by molar-refractivity contribution is 6.03. The van der Waals surface area contributed by atoms with Crippen LogP contribution in [0.15, 0.2) is 15.6 Å². The first kappa shape index (κ1) is 36.3. The number of fused-ring (bicyclic) bond motifs is 7. The van der Waals surface area contributed by atoms with E-state index >= 15 is 0 Å². The van der Waals surface area contributed by atoms with Gasteiger partial charge >= 0.3 is 23.7 Å². The minimum Gasteiger partial charge on any atom is -0.481 e. The molecule has 280 valence electrons. The number of nitrogens with zero attached hydrogens (tertiary/aromatic N) is 2. The van der Waals surface area contributed by atoms with Crippen molar-refractivity contribution in [3.8, 4) is 0 Å². The summed E-state index contributed by atoms with van der Waals surface area (Å²) in [4.78, 5) is 52.7. The molecule has 1 aromatic heterocycles. The van der Waals surface area contributed by atoms with Crippen molar-refractivity contribution >= 4 is 23.6 Å². The number of carboxylic acids is 1. The quantitative estimate of drug-likeness (QED) is 0.285. The van der Waals surface area contributed by atoms with Crippen molar-refractivity contribution in [3.63, 3.8) is 0 Å². The summed E-state index contributed by atoms with van der Waals surface area (Å²) in [6.07, 6.45) is 10.1. The first-order chi connectivity index (χ1) is 23.9. The van der Waals surface area contributed by atoms with E-state index < -0.39 is 23.3 Å². The van der Waals surface area contributed by atoms with Crippen LogP contribution in [0.1, 0.15) is 149 Å². The van der Waals surface area contributed by atoms with Crippen LogP contribution in [0.2, 0.25) is 0 Å². The molecule has 6 aliphatic rings. The number of carbonyl (C=O) groups excluding carboxylic acids is 3. The fraction of sp³-hybridized carbons (Fsp3) is 0.805. The SMILES string of the molecule is Cc1nnc(C(=O)N[C@@]23CC[C@]4(C)C(CCC5[C@@]6(C)CC[C@H](OC(=O)C7CCCC(C(=O)O)C7)C(C)(C)C6CC[C@]54C)C2=C(C(C)C)C(=O)C3)o1. The Morgan fingerprint density at radius 3 is 2.27 bits per heavy atom. The zero-order valence-corrected chi connectivity index (χ0v) is 32.0. The first-order valence-corrected chi connectivity index (χ1v) is 19.7. The van der Waals surface area contributed by atoms with Crippen LogP contribution in [-0.2, 0) is 19.1 Å². The number of allylic oxidation sites excluding steroid dienone is 1. The van der Waals surface area contributed by atoms with Crippen molar-refractivity contribution in [1.29, 1.82) is 0 Å². The predicted molar refractivity (Wildman–Crippen MR) is 189 cm³/mol. The summed E-state index contributed by atoms with van der Waals surface area (Å²) in [6.45, 7) is 18.0.